The van der Waals surface area contributed by atoms with Crippen LogP contribution in [-0.4, -0.2) is 10.1 Å². The Balaban J connectivity index is 2.88. The lowest BCUT2D eigenvalue weighted by atomic mass is 11.0. The summed E-state index contributed by atoms with van der Waals surface area (Å²) in [4.78, 5) is 2.99. The zero-order valence-corrected chi connectivity index (χ0v) is 11.7. The van der Waals surface area contributed by atoms with Gasteiger partial charge in [0.25, 0.3) is 0 Å². The van der Waals surface area contributed by atoms with Crippen LogP contribution in [0.4, 0.5) is 0 Å². The lowest BCUT2D eigenvalue weighted by molar-refractivity contribution is 1.16. The molecular weight excluding hydrogens is 301 g/mol. The highest BCUT2D eigenvalue weighted by atomic mass is 35.7. The Morgan fingerprint density at radius 1 is 1.58 bits per heavy atom. The summed E-state index contributed by atoms with van der Waals surface area (Å²) in [5, 5.41) is 0. The Kier molecular flexibility index (Phi) is 4.89. The van der Waals surface area contributed by atoms with Crippen LogP contribution in [0.2, 0.25) is 0 Å². The van der Waals surface area contributed by atoms with E-state index < -0.39 is 21.7 Å². The summed E-state index contributed by atoms with van der Waals surface area (Å²) in [5.74, 6) is 0. The first-order valence-corrected chi connectivity index (χ1v) is 10.5. The highest BCUT2D eigenvalue weighted by molar-refractivity contribution is 8.07. The quantitative estimate of drug-likeness (QED) is 0.528. The first kappa shape index (κ1) is 12.2. The SMILES string of the molecule is CCP1(Cl)=NP(Cl)N(Cl)P(Cl)N1. The third kappa shape index (κ3) is 2.83. The van der Waals surface area contributed by atoms with Gasteiger partial charge in [0.05, 0.1) is 0 Å². The van der Waals surface area contributed by atoms with E-state index in [4.69, 9.17) is 45.5 Å². The van der Waals surface area contributed by atoms with Gasteiger partial charge in [-0.15, -0.1) is 3.96 Å². The van der Waals surface area contributed by atoms with Crippen molar-refractivity contribution >= 4 is 67.2 Å². The minimum absolute atomic E-state index is 0.733. The van der Waals surface area contributed by atoms with Crippen LogP contribution in [0.3, 0.4) is 0 Å². The lowest BCUT2D eigenvalue weighted by Crippen LogP contribution is -2.10. The molecule has 0 aromatic carbocycles. The molecule has 0 aromatic heterocycles. The summed E-state index contributed by atoms with van der Waals surface area (Å²) in [6.45, 7) is -0.0334. The molecule has 1 aliphatic rings. The van der Waals surface area contributed by atoms with Gasteiger partial charge in [0.1, 0.15) is 6.56 Å². The third-order valence-corrected chi connectivity index (χ3v) is 13.4. The molecule has 0 radical (unpaired) electrons. The van der Waals surface area contributed by atoms with Gasteiger partial charge in [-0.25, -0.2) is 9.37 Å². The van der Waals surface area contributed by atoms with Crippen LogP contribution >= 0.6 is 67.2 Å². The van der Waals surface area contributed by atoms with Crippen molar-refractivity contribution in [2.45, 2.75) is 6.92 Å². The summed E-state index contributed by atoms with van der Waals surface area (Å²) in [5.41, 5.74) is 0. The van der Waals surface area contributed by atoms with Crippen molar-refractivity contribution < 1.29 is 0 Å². The first-order valence-electron chi connectivity index (χ1n) is 2.95. The normalized spacial score (nSPS) is 44.1. The van der Waals surface area contributed by atoms with Crippen LogP contribution in [0.15, 0.2) is 4.52 Å². The second-order valence-corrected chi connectivity index (χ2v) is 11.9. The molecule has 3 unspecified atom stereocenters. The Morgan fingerprint density at radius 2 is 2.17 bits per heavy atom. The lowest BCUT2D eigenvalue weighted by Gasteiger charge is -2.31. The van der Waals surface area contributed by atoms with Gasteiger partial charge < -0.3 is 0 Å². The van der Waals surface area contributed by atoms with Crippen LogP contribution in [0, 0.1) is 0 Å². The molecule has 1 aliphatic heterocycles. The molecule has 0 fully saturated rings. The second kappa shape index (κ2) is 4.79. The van der Waals surface area contributed by atoms with E-state index >= 15 is 0 Å². The fourth-order valence-corrected chi connectivity index (χ4v) is 11.9. The van der Waals surface area contributed by atoms with Crippen molar-refractivity contribution in [2.24, 2.45) is 4.52 Å². The average molecular weight is 307 g/mol. The molecule has 1 rings (SSSR count). The summed E-state index contributed by atoms with van der Waals surface area (Å²) < 4.78 is 5.50. The monoisotopic (exact) mass is 305 g/mol. The molecule has 0 aliphatic carbocycles. The zero-order valence-electron chi connectivity index (χ0n) is 5.96. The van der Waals surface area contributed by atoms with E-state index in [1.54, 1.807) is 0 Å². The van der Waals surface area contributed by atoms with E-state index in [0.717, 1.165) is 6.16 Å². The molecule has 10 heteroatoms. The van der Waals surface area contributed by atoms with E-state index in [9.17, 15) is 0 Å². The second-order valence-electron chi connectivity index (χ2n) is 1.93. The van der Waals surface area contributed by atoms with E-state index in [0.29, 0.717) is 0 Å². The van der Waals surface area contributed by atoms with Crippen molar-refractivity contribution in [1.82, 2.24) is 8.82 Å². The molecule has 12 heavy (non-hydrogen) atoms. The number of hydrogen-bond acceptors (Lipinski definition) is 3. The fraction of sp³-hybridized carbons (Fsp3) is 1.00. The van der Waals surface area contributed by atoms with Gasteiger partial charge in [-0.2, -0.15) is 0 Å². The molecule has 3 atom stereocenters. The largest absolute Gasteiger partial charge is 0.222 e. The minimum Gasteiger partial charge on any atom is -0.222 e. The summed E-state index contributed by atoms with van der Waals surface area (Å²) >= 11 is 23.6. The highest BCUT2D eigenvalue weighted by Crippen LogP contribution is 2.76. The van der Waals surface area contributed by atoms with Crippen molar-refractivity contribution in [3.63, 3.8) is 0 Å². The summed E-state index contributed by atoms with van der Waals surface area (Å²) in [7, 11) is -2.38. The minimum atomic E-state index is -1.98. The van der Waals surface area contributed by atoms with Gasteiger partial charge in [-0.1, -0.05) is 29.4 Å². The fourth-order valence-electron chi connectivity index (χ4n) is 0.532. The van der Waals surface area contributed by atoms with Crippen molar-refractivity contribution in [3.8, 4) is 0 Å². The van der Waals surface area contributed by atoms with Gasteiger partial charge in [0.15, 0.2) is 7.58 Å². The standard InChI is InChI=1S/C2H6Cl4N3P3/c1-2-12(6)7-10(4)9(3)11(5)8-12/h7H,2H2,1H3. The maximum absolute atomic E-state index is 6.13. The molecule has 0 saturated carbocycles. The topological polar surface area (TPSA) is 27.6 Å². The average Bonchev–Trinajstić information content (AvgIpc) is 2.00. The van der Waals surface area contributed by atoms with Gasteiger partial charge in [0, 0.05) is 6.16 Å². The van der Waals surface area contributed by atoms with Gasteiger partial charge >= 0.3 is 0 Å². The molecule has 1 N–H and O–H groups in total. The molecule has 0 aromatic rings. The third-order valence-electron chi connectivity index (χ3n) is 1.15. The summed E-state index contributed by atoms with van der Waals surface area (Å²) in [6.07, 6.45) is 0.733. The van der Waals surface area contributed by atoms with Crippen LogP contribution in [0.25, 0.3) is 0 Å². The summed E-state index contributed by atoms with van der Waals surface area (Å²) in [6, 6.07) is 0. The van der Waals surface area contributed by atoms with Crippen molar-refractivity contribution in [3.05, 3.63) is 0 Å². The van der Waals surface area contributed by atoms with Crippen LogP contribution in [-0.2, 0) is 0 Å². The number of halogens is 4. The maximum atomic E-state index is 6.13. The van der Waals surface area contributed by atoms with Crippen LogP contribution < -0.4 is 4.86 Å². The molecule has 72 valence electrons. The maximum Gasteiger partial charge on any atom is 0.210 e. The Hall–Kier alpha value is 2.17. The predicted molar refractivity (Wildman–Crippen MR) is 62.1 cm³/mol. The molecule has 0 amide bonds. The van der Waals surface area contributed by atoms with Crippen LogP contribution in [0.5, 0.6) is 0 Å². The molecule has 3 nitrogen and oxygen atoms in total. The Bertz CT molecular complexity index is 224. The van der Waals surface area contributed by atoms with E-state index in [1.165, 1.54) is 3.96 Å². The van der Waals surface area contributed by atoms with Gasteiger partial charge in [-0.3, -0.25) is 0 Å². The van der Waals surface area contributed by atoms with Gasteiger partial charge in [0.2, 0.25) is 7.58 Å². The molecule has 1 heterocycles. The van der Waals surface area contributed by atoms with E-state index in [-0.39, 0.29) is 0 Å². The van der Waals surface area contributed by atoms with Crippen molar-refractivity contribution in [1.29, 1.82) is 0 Å². The number of hydrogen-bond donors (Lipinski definition) is 1. The first-order chi connectivity index (χ1) is 5.48. The smallest absolute Gasteiger partial charge is 0.210 e. The predicted octanol–water partition coefficient (Wildman–Crippen LogP) is 5.27. The Labute approximate surface area is 93.4 Å². The van der Waals surface area contributed by atoms with Crippen molar-refractivity contribution in [2.75, 3.05) is 6.16 Å². The highest BCUT2D eigenvalue weighted by Gasteiger charge is 2.34. The van der Waals surface area contributed by atoms with E-state index in [2.05, 4.69) is 9.37 Å². The number of nitrogens with one attached hydrogen (secondary N) is 1. The van der Waals surface area contributed by atoms with Crippen LogP contribution in [0.1, 0.15) is 6.92 Å². The Morgan fingerprint density at radius 3 is 2.58 bits per heavy atom. The van der Waals surface area contributed by atoms with Gasteiger partial charge in [-0.05, 0) is 23.0 Å². The molecule has 0 saturated heterocycles. The number of nitrogens with zero attached hydrogens (tertiary/aromatic N) is 2. The zero-order chi connectivity index (χ0) is 9.35. The number of rotatable bonds is 1. The molecular formula is C2H6Cl4N3P3. The molecule has 0 spiro atoms. The molecule has 0 bridgehead atoms. The van der Waals surface area contributed by atoms with E-state index in [1.807, 2.05) is 6.92 Å².